The van der Waals surface area contributed by atoms with E-state index in [1.54, 1.807) is 26.5 Å². The maximum absolute atomic E-state index is 13.6. The van der Waals surface area contributed by atoms with E-state index >= 15 is 0 Å². The highest BCUT2D eigenvalue weighted by Crippen LogP contribution is 2.46. The number of hydrogen-bond acceptors (Lipinski definition) is 5. The lowest BCUT2D eigenvalue weighted by Gasteiger charge is -2.27. The number of pyridine rings is 1. The average Bonchev–Trinajstić information content (AvgIpc) is 3.48. The Balaban J connectivity index is 1.65. The molecule has 35 heavy (non-hydrogen) atoms. The maximum atomic E-state index is 13.6. The van der Waals surface area contributed by atoms with E-state index in [-0.39, 0.29) is 17.9 Å². The fourth-order valence-electron chi connectivity index (χ4n) is 4.23. The summed E-state index contributed by atoms with van der Waals surface area (Å²) < 4.78 is 31.7. The highest BCUT2D eigenvalue weighted by atomic mass is 79.9. The molecule has 4 aromatic rings. The number of halogens is 2. The van der Waals surface area contributed by atoms with Gasteiger partial charge in [-0.25, -0.2) is 4.39 Å². The van der Waals surface area contributed by atoms with Crippen molar-refractivity contribution in [3.05, 3.63) is 94.7 Å². The summed E-state index contributed by atoms with van der Waals surface area (Å²) >= 11 is 9.23. The first kappa shape index (κ1) is 23.3. The second kappa shape index (κ2) is 9.67. The van der Waals surface area contributed by atoms with Crippen LogP contribution in [0.2, 0.25) is 0 Å². The Hall–Kier alpha value is -3.43. The number of methoxy groups -OCH3 is 2. The second-order valence-electron chi connectivity index (χ2n) is 7.86. The molecule has 178 valence electrons. The monoisotopic (exact) mass is 553 g/mol. The topological polar surface area (TPSA) is 59.8 Å². The minimum atomic E-state index is -0.383. The number of furan rings is 1. The lowest BCUT2D eigenvalue weighted by Crippen LogP contribution is -2.29. The van der Waals surface area contributed by atoms with Crippen molar-refractivity contribution in [2.24, 2.45) is 0 Å². The number of benzene rings is 2. The van der Waals surface area contributed by atoms with Gasteiger partial charge in [-0.15, -0.1) is 0 Å². The van der Waals surface area contributed by atoms with E-state index in [0.717, 1.165) is 16.9 Å². The van der Waals surface area contributed by atoms with Gasteiger partial charge in [0, 0.05) is 22.3 Å². The van der Waals surface area contributed by atoms with E-state index in [4.69, 9.17) is 26.1 Å². The Morgan fingerprint density at radius 3 is 2.63 bits per heavy atom. The molecule has 0 unspecified atom stereocenters. The van der Waals surface area contributed by atoms with Crippen molar-refractivity contribution in [3.63, 3.8) is 0 Å². The van der Waals surface area contributed by atoms with Crippen LogP contribution in [-0.4, -0.2) is 24.3 Å². The van der Waals surface area contributed by atoms with Crippen LogP contribution in [0.25, 0.3) is 11.3 Å². The first-order valence-corrected chi connectivity index (χ1v) is 12.0. The van der Waals surface area contributed by atoms with Crippen LogP contribution >= 0.6 is 28.1 Å². The van der Waals surface area contributed by atoms with Crippen molar-refractivity contribution in [2.75, 3.05) is 19.1 Å². The van der Waals surface area contributed by atoms with Crippen LogP contribution in [0.1, 0.15) is 23.5 Å². The molecule has 2 aromatic carbocycles. The number of nitrogens with zero attached hydrogens (tertiary/aromatic N) is 2. The van der Waals surface area contributed by atoms with Crippen LogP contribution in [0.5, 0.6) is 11.5 Å². The van der Waals surface area contributed by atoms with Gasteiger partial charge in [0.2, 0.25) is 0 Å². The Morgan fingerprint density at radius 1 is 1.06 bits per heavy atom. The molecule has 0 bridgehead atoms. The SMILES string of the molecule is COc1ccc(OC)c(N2C(=S)N[C@@H](c3ccccn3)[C@@H]2c2ccc(-c3ccc(F)cc3Br)o2)c1. The third kappa shape index (κ3) is 4.37. The summed E-state index contributed by atoms with van der Waals surface area (Å²) in [4.78, 5) is 6.53. The summed E-state index contributed by atoms with van der Waals surface area (Å²) in [7, 11) is 3.22. The van der Waals surface area contributed by atoms with Crippen LogP contribution in [0.4, 0.5) is 10.1 Å². The average molecular weight is 554 g/mol. The standard InChI is InChI=1S/C26H21BrFN3O3S/c1-32-16-7-9-22(33-2)20(14-16)31-25(24(30-26(31)35)19-5-3-4-12-29-19)23-11-10-21(34-23)17-8-6-15(28)13-18(17)27/h3-14,24-25H,1-2H3,(H,30,35)/t24-,25-/m0/s1. The van der Waals surface area contributed by atoms with E-state index < -0.39 is 0 Å². The van der Waals surface area contributed by atoms with E-state index in [0.29, 0.717) is 32.6 Å². The van der Waals surface area contributed by atoms with Crippen molar-refractivity contribution in [3.8, 4) is 22.8 Å². The summed E-state index contributed by atoms with van der Waals surface area (Å²) in [6, 6.07) is 18.9. The fourth-order valence-corrected chi connectivity index (χ4v) is 5.12. The van der Waals surface area contributed by atoms with Gasteiger partial charge in [-0.05, 0) is 82.7 Å². The molecule has 0 aliphatic carbocycles. The van der Waals surface area contributed by atoms with Gasteiger partial charge in [0.1, 0.15) is 34.9 Å². The zero-order chi connectivity index (χ0) is 24.5. The quantitative estimate of drug-likeness (QED) is 0.276. The summed E-state index contributed by atoms with van der Waals surface area (Å²) in [5, 5.41) is 3.90. The number of rotatable bonds is 6. The van der Waals surface area contributed by atoms with Crippen LogP contribution in [-0.2, 0) is 0 Å². The van der Waals surface area contributed by atoms with E-state index in [1.807, 2.05) is 53.4 Å². The molecule has 1 N–H and O–H groups in total. The molecule has 3 heterocycles. The molecular weight excluding hydrogens is 533 g/mol. The van der Waals surface area contributed by atoms with Gasteiger partial charge < -0.3 is 24.1 Å². The number of hydrogen-bond donors (Lipinski definition) is 1. The number of aromatic nitrogens is 1. The molecule has 1 aliphatic heterocycles. The van der Waals surface area contributed by atoms with Crippen molar-refractivity contribution >= 4 is 38.9 Å². The van der Waals surface area contributed by atoms with Crippen molar-refractivity contribution in [1.82, 2.24) is 10.3 Å². The fraction of sp³-hybridized carbons (Fsp3) is 0.154. The molecule has 0 radical (unpaired) electrons. The minimum absolute atomic E-state index is 0.296. The normalized spacial score (nSPS) is 17.4. The summed E-state index contributed by atoms with van der Waals surface area (Å²) in [6.07, 6.45) is 1.75. The lowest BCUT2D eigenvalue weighted by atomic mass is 10.0. The number of thiocarbonyl (C=S) groups is 1. The predicted molar refractivity (Wildman–Crippen MR) is 139 cm³/mol. The highest BCUT2D eigenvalue weighted by molar-refractivity contribution is 9.10. The molecule has 2 aromatic heterocycles. The van der Waals surface area contributed by atoms with Gasteiger partial charge in [-0.1, -0.05) is 6.07 Å². The van der Waals surface area contributed by atoms with Gasteiger partial charge in [-0.3, -0.25) is 4.98 Å². The van der Waals surface area contributed by atoms with Gasteiger partial charge in [0.05, 0.1) is 31.6 Å². The van der Waals surface area contributed by atoms with Crippen molar-refractivity contribution in [2.45, 2.75) is 12.1 Å². The predicted octanol–water partition coefficient (Wildman–Crippen LogP) is 6.44. The molecule has 9 heteroatoms. The third-order valence-corrected chi connectivity index (χ3v) is 6.83. The van der Waals surface area contributed by atoms with Gasteiger partial charge in [0.15, 0.2) is 5.11 Å². The number of anilines is 1. The second-order valence-corrected chi connectivity index (χ2v) is 9.10. The van der Waals surface area contributed by atoms with Gasteiger partial charge in [-0.2, -0.15) is 0 Å². The Morgan fingerprint density at radius 2 is 1.91 bits per heavy atom. The zero-order valence-corrected chi connectivity index (χ0v) is 21.3. The van der Waals surface area contributed by atoms with E-state index in [9.17, 15) is 4.39 Å². The molecule has 1 fully saturated rings. The molecular formula is C26H21BrFN3O3S. The van der Waals surface area contributed by atoms with Crippen LogP contribution in [0.3, 0.4) is 0 Å². The molecule has 1 saturated heterocycles. The third-order valence-electron chi connectivity index (χ3n) is 5.86. The summed E-state index contributed by atoms with van der Waals surface area (Å²) in [5.41, 5.74) is 2.28. The largest absolute Gasteiger partial charge is 0.497 e. The molecule has 6 nitrogen and oxygen atoms in total. The Bertz CT molecular complexity index is 1380. The lowest BCUT2D eigenvalue weighted by molar-refractivity contribution is 0.400. The van der Waals surface area contributed by atoms with Crippen LogP contribution in [0.15, 0.2) is 81.8 Å². The molecule has 0 amide bonds. The Kier molecular flexibility index (Phi) is 6.44. The van der Waals surface area contributed by atoms with E-state index in [2.05, 4.69) is 26.2 Å². The smallest absolute Gasteiger partial charge is 0.174 e. The van der Waals surface area contributed by atoms with E-state index in [1.165, 1.54) is 12.1 Å². The zero-order valence-electron chi connectivity index (χ0n) is 18.9. The summed E-state index contributed by atoms with van der Waals surface area (Å²) in [5.74, 6) is 2.23. The first-order chi connectivity index (χ1) is 17.0. The van der Waals surface area contributed by atoms with Crippen molar-refractivity contribution in [1.29, 1.82) is 0 Å². The molecule has 0 spiro atoms. The van der Waals surface area contributed by atoms with Crippen molar-refractivity contribution < 1.29 is 18.3 Å². The molecule has 0 saturated carbocycles. The minimum Gasteiger partial charge on any atom is -0.497 e. The van der Waals surface area contributed by atoms with Crippen LogP contribution in [0, 0.1) is 5.82 Å². The highest BCUT2D eigenvalue weighted by Gasteiger charge is 2.43. The summed E-state index contributed by atoms with van der Waals surface area (Å²) in [6.45, 7) is 0. The van der Waals surface area contributed by atoms with Gasteiger partial charge in [0.25, 0.3) is 0 Å². The number of nitrogens with one attached hydrogen (secondary N) is 1. The first-order valence-electron chi connectivity index (χ1n) is 10.8. The maximum Gasteiger partial charge on any atom is 0.174 e. The number of ether oxygens (including phenoxy) is 2. The molecule has 5 rings (SSSR count). The van der Waals surface area contributed by atoms with Crippen LogP contribution < -0.4 is 19.7 Å². The molecule has 2 atom stereocenters. The Labute approximate surface area is 215 Å². The van der Waals surface area contributed by atoms with Gasteiger partial charge >= 0.3 is 0 Å². The molecule has 1 aliphatic rings.